The molecule has 2 N–H and O–H groups in total. The van der Waals surface area contributed by atoms with E-state index in [1.165, 1.54) is 18.2 Å². The maximum atomic E-state index is 10.7. The number of anilines is 1. The molecule has 0 aliphatic heterocycles. The van der Waals surface area contributed by atoms with E-state index in [0.717, 1.165) is 5.56 Å². The average Bonchev–Trinajstić information content (AvgIpc) is 2.42. The van der Waals surface area contributed by atoms with Gasteiger partial charge in [-0.2, -0.15) is 0 Å². The second-order valence-electron chi connectivity index (χ2n) is 4.12. The molecule has 0 aliphatic rings. The topological polar surface area (TPSA) is 78.4 Å². The van der Waals surface area contributed by atoms with Gasteiger partial charge in [-0.1, -0.05) is 30.3 Å². The summed E-state index contributed by atoms with van der Waals surface area (Å²) < 4.78 is 5.52. The Hall–Kier alpha value is -2.40. The molecule has 0 radical (unpaired) electrons. The van der Waals surface area contributed by atoms with Crippen LogP contribution in [0, 0.1) is 10.1 Å². The van der Waals surface area contributed by atoms with Crippen molar-refractivity contribution in [3.63, 3.8) is 0 Å². The summed E-state index contributed by atoms with van der Waals surface area (Å²) in [5.41, 5.74) is 7.96. The second kappa shape index (κ2) is 5.97. The van der Waals surface area contributed by atoms with E-state index in [0.29, 0.717) is 17.9 Å². The van der Waals surface area contributed by atoms with Crippen molar-refractivity contribution in [3.8, 4) is 0 Å². The molecule has 5 heteroatoms. The molecule has 0 spiro atoms. The van der Waals surface area contributed by atoms with Gasteiger partial charge in [0.15, 0.2) is 0 Å². The Kier molecular flexibility index (Phi) is 4.10. The van der Waals surface area contributed by atoms with Gasteiger partial charge >= 0.3 is 0 Å². The highest BCUT2D eigenvalue weighted by Gasteiger charge is 2.09. The van der Waals surface area contributed by atoms with Crippen LogP contribution in [-0.2, 0) is 18.0 Å². The van der Waals surface area contributed by atoms with E-state index in [2.05, 4.69) is 0 Å². The lowest BCUT2D eigenvalue weighted by atomic mass is 10.1. The summed E-state index contributed by atoms with van der Waals surface area (Å²) in [5, 5.41) is 10.7. The number of hydrogen-bond donors (Lipinski definition) is 1. The molecule has 5 nitrogen and oxygen atoms in total. The summed E-state index contributed by atoms with van der Waals surface area (Å²) in [6.45, 7) is 0.700. The molecule has 2 aromatic rings. The molecule has 0 aromatic heterocycles. The van der Waals surface area contributed by atoms with Crippen LogP contribution < -0.4 is 5.73 Å². The zero-order valence-electron chi connectivity index (χ0n) is 10.3. The fraction of sp³-hybridized carbons (Fsp3) is 0.143. The highest BCUT2D eigenvalue weighted by molar-refractivity contribution is 5.52. The van der Waals surface area contributed by atoms with E-state index in [9.17, 15) is 10.1 Å². The number of nitrogens with zero attached hydrogens (tertiary/aromatic N) is 1. The third kappa shape index (κ3) is 3.53. The molecule has 0 saturated heterocycles. The fourth-order valence-corrected chi connectivity index (χ4v) is 1.68. The molecular weight excluding hydrogens is 244 g/mol. The van der Waals surface area contributed by atoms with Crippen molar-refractivity contribution in [2.45, 2.75) is 13.2 Å². The molecule has 0 bridgehead atoms. The van der Waals surface area contributed by atoms with Crippen LogP contribution in [0.4, 0.5) is 11.4 Å². The van der Waals surface area contributed by atoms with Crippen molar-refractivity contribution in [1.29, 1.82) is 0 Å². The first-order valence-corrected chi connectivity index (χ1v) is 5.81. The molecule has 0 saturated carbocycles. The van der Waals surface area contributed by atoms with Crippen molar-refractivity contribution in [1.82, 2.24) is 0 Å². The third-order valence-electron chi connectivity index (χ3n) is 2.71. The maximum absolute atomic E-state index is 10.7. The Bertz CT molecular complexity index is 570. The molecule has 0 unspecified atom stereocenters. The monoisotopic (exact) mass is 258 g/mol. The van der Waals surface area contributed by atoms with E-state index >= 15 is 0 Å². The highest BCUT2D eigenvalue weighted by Crippen LogP contribution is 2.20. The standard InChI is InChI=1S/C14H14N2O3/c15-14-7-6-13(16(17)18)8-12(14)10-19-9-11-4-2-1-3-5-11/h1-8H,9-10,15H2. The van der Waals surface area contributed by atoms with E-state index in [-0.39, 0.29) is 12.3 Å². The normalized spacial score (nSPS) is 10.3. The van der Waals surface area contributed by atoms with E-state index in [4.69, 9.17) is 10.5 Å². The summed E-state index contributed by atoms with van der Waals surface area (Å²) in [6.07, 6.45) is 0. The summed E-state index contributed by atoms with van der Waals surface area (Å²) in [6, 6.07) is 14.1. The largest absolute Gasteiger partial charge is 0.398 e. The molecule has 0 amide bonds. The van der Waals surface area contributed by atoms with Gasteiger partial charge in [-0.3, -0.25) is 10.1 Å². The van der Waals surface area contributed by atoms with Crippen molar-refractivity contribution >= 4 is 11.4 Å². The minimum absolute atomic E-state index is 0.0208. The molecule has 0 fully saturated rings. The lowest BCUT2D eigenvalue weighted by molar-refractivity contribution is -0.384. The quantitative estimate of drug-likeness (QED) is 0.508. The minimum atomic E-state index is -0.444. The molecule has 98 valence electrons. The van der Waals surface area contributed by atoms with E-state index < -0.39 is 4.92 Å². The SMILES string of the molecule is Nc1ccc([N+](=O)[O-])cc1COCc1ccccc1. The number of nitro groups is 1. The summed E-state index contributed by atoms with van der Waals surface area (Å²) in [7, 11) is 0. The van der Waals surface area contributed by atoms with Crippen LogP contribution in [0.2, 0.25) is 0 Å². The number of ether oxygens (including phenoxy) is 1. The Morgan fingerprint density at radius 2 is 1.84 bits per heavy atom. The number of nitrogens with two attached hydrogens (primary N) is 1. The smallest absolute Gasteiger partial charge is 0.269 e. The zero-order chi connectivity index (χ0) is 13.7. The Balaban J connectivity index is 1.99. The van der Waals surface area contributed by atoms with Crippen molar-refractivity contribution in [2.75, 3.05) is 5.73 Å². The summed E-state index contributed by atoms with van der Waals surface area (Å²) in [4.78, 5) is 10.2. The molecule has 0 heterocycles. The van der Waals surface area contributed by atoms with Crippen LogP contribution in [0.1, 0.15) is 11.1 Å². The molecule has 0 aliphatic carbocycles. The number of nitro benzene ring substituents is 1. The lowest BCUT2D eigenvalue weighted by Gasteiger charge is -2.07. The fourth-order valence-electron chi connectivity index (χ4n) is 1.68. The van der Waals surface area contributed by atoms with Crippen molar-refractivity contribution in [2.24, 2.45) is 0 Å². The number of nitrogen functional groups attached to an aromatic ring is 1. The van der Waals surface area contributed by atoms with Crippen LogP contribution in [0.5, 0.6) is 0 Å². The predicted molar refractivity (Wildman–Crippen MR) is 72.4 cm³/mol. The van der Waals surface area contributed by atoms with E-state index in [1.54, 1.807) is 0 Å². The molecule has 2 aromatic carbocycles. The number of benzene rings is 2. The van der Waals surface area contributed by atoms with Crippen LogP contribution in [-0.4, -0.2) is 4.92 Å². The molecule has 2 rings (SSSR count). The maximum Gasteiger partial charge on any atom is 0.269 e. The van der Waals surface area contributed by atoms with Gasteiger partial charge < -0.3 is 10.5 Å². The Labute approximate surface area is 110 Å². The first kappa shape index (κ1) is 13.0. The van der Waals surface area contributed by atoms with Gasteiger partial charge in [-0.25, -0.2) is 0 Å². The lowest BCUT2D eigenvalue weighted by Crippen LogP contribution is -2.00. The van der Waals surface area contributed by atoms with Gasteiger partial charge in [0, 0.05) is 23.4 Å². The van der Waals surface area contributed by atoms with Gasteiger partial charge in [0.25, 0.3) is 5.69 Å². The molecule has 19 heavy (non-hydrogen) atoms. The molecular formula is C14H14N2O3. The third-order valence-corrected chi connectivity index (χ3v) is 2.71. The van der Waals surface area contributed by atoms with Crippen LogP contribution in [0.25, 0.3) is 0 Å². The first-order valence-electron chi connectivity index (χ1n) is 5.81. The van der Waals surface area contributed by atoms with E-state index in [1.807, 2.05) is 30.3 Å². The number of rotatable bonds is 5. The first-order chi connectivity index (χ1) is 9.16. The van der Waals surface area contributed by atoms with Gasteiger partial charge in [0.2, 0.25) is 0 Å². The Morgan fingerprint density at radius 3 is 2.53 bits per heavy atom. The van der Waals surface area contributed by atoms with Crippen LogP contribution in [0.15, 0.2) is 48.5 Å². The van der Waals surface area contributed by atoms with Crippen LogP contribution >= 0.6 is 0 Å². The number of non-ortho nitro benzene ring substituents is 1. The Morgan fingerprint density at radius 1 is 1.11 bits per heavy atom. The van der Waals surface area contributed by atoms with Gasteiger partial charge in [0.05, 0.1) is 18.1 Å². The summed E-state index contributed by atoms with van der Waals surface area (Å²) >= 11 is 0. The highest BCUT2D eigenvalue weighted by atomic mass is 16.6. The van der Waals surface area contributed by atoms with Crippen molar-refractivity contribution < 1.29 is 9.66 Å². The number of hydrogen-bond acceptors (Lipinski definition) is 4. The summed E-state index contributed by atoms with van der Waals surface area (Å²) in [5.74, 6) is 0. The minimum Gasteiger partial charge on any atom is -0.398 e. The molecule has 0 atom stereocenters. The van der Waals surface area contributed by atoms with Crippen LogP contribution in [0.3, 0.4) is 0 Å². The predicted octanol–water partition coefficient (Wildman–Crippen LogP) is 2.89. The van der Waals surface area contributed by atoms with Gasteiger partial charge in [-0.05, 0) is 11.6 Å². The van der Waals surface area contributed by atoms with Crippen molar-refractivity contribution in [3.05, 3.63) is 69.8 Å². The average molecular weight is 258 g/mol. The zero-order valence-corrected chi connectivity index (χ0v) is 10.3. The second-order valence-corrected chi connectivity index (χ2v) is 4.12. The van der Waals surface area contributed by atoms with Gasteiger partial charge in [0.1, 0.15) is 0 Å². The van der Waals surface area contributed by atoms with Gasteiger partial charge in [-0.15, -0.1) is 0 Å².